The molecule has 232 valence electrons. The summed E-state index contributed by atoms with van der Waals surface area (Å²) in [5.74, 6) is 0.302. The number of rotatable bonds is 10. The molecular formula is C33H34ClF3N4O3. The Morgan fingerprint density at radius 1 is 0.932 bits per heavy atom. The molecule has 2 heterocycles. The molecule has 44 heavy (non-hydrogen) atoms. The summed E-state index contributed by atoms with van der Waals surface area (Å²) < 4.78 is 59.5. The fourth-order valence-corrected chi connectivity index (χ4v) is 6.03. The maximum atomic E-state index is 14.2. The van der Waals surface area contributed by atoms with Gasteiger partial charge >= 0.3 is 6.18 Å². The number of pyridine rings is 2. The topological polar surface area (TPSA) is 77.5 Å². The maximum absolute atomic E-state index is 14.2. The minimum absolute atomic E-state index is 0.0823. The van der Waals surface area contributed by atoms with Crippen molar-refractivity contribution in [2.45, 2.75) is 44.6 Å². The second-order valence-corrected chi connectivity index (χ2v) is 10.9. The van der Waals surface area contributed by atoms with Crippen molar-refractivity contribution < 1.29 is 27.4 Å². The highest BCUT2D eigenvalue weighted by Crippen LogP contribution is 2.45. The second kappa shape index (κ2) is 13.4. The maximum Gasteiger partial charge on any atom is 0.421 e. The average molecular weight is 627 g/mol. The van der Waals surface area contributed by atoms with Crippen molar-refractivity contribution in [1.82, 2.24) is 20.6 Å². The lowest BCUT2D eigenvalue weighted by molar-refractivity contribution is -0.139. The van der Waals surface area contributed by atoms with Crippen LogP contribution in [0.4, 0.5) is 13.2 Å². The third kappa shape index (κ3) is 6.33. The van der Waals surface area contributed by atoms with Crippen molar-refractivity contribution >= 4 is 11.6 Å². The molecule has 7 nitrogen and oxygen atoms in total. The zero-order valence-electron chi connectivity index (χ0n) is 24.9. The molecule has 2 aromatic heterocycles. The fourth-order valence-electron chi connectivity index (χ4n) is 5.70. The summed E-state index contributed by atoms with van der Waals surface area (Å²) in [6, 6.07) is 14.5. The Morgan fingerprint density at radius 3 is 2.41 bits per heavy atom. The van der Waals surface area contributed by atoms with Crippen LogP contribution < -0.4 is 24.8 Å². The molecule has 0 spiro atoms. The number of nitrogens with zero attached hydrogens (tertiary/aromatic N) is 2. The monoisotopic (exact) mass is 626 g/mol. The van der Waals surface area contributed by atoms with Crippen LogP contribution in [0.5, 0.6) is 17.5 Å². The summed E-state index contributed by atoms with van der Waals surface area (Å²) in [7, 11) is 6.51. The third-order valence-corrected chi connectivity index (χ3v) is 8.09. The van der Waals surface area contributed by atoms with Crippen molar-refractivity contribution in [3.63, 3.8) is 0 Å². The van der Waals surface area contributed by atoms with Gasteiger partial charge in [0.25, 0.3) is 0 Å². The van der Waals surface area contributed by atoms with Crippen molar-refractivity contribution in [2.75, 3.05) is 28.3 Å². The number of fused-ring (bicyclic) bond motifs is 1. The van der Waals surface area contributed by atoms with Gasteiger partial charge in [-0.25, -0.2) is 0 Å². The Kier molecular flexibility index (Phi) is 9.62. The molecular weight excluding hydrogens is 593 g/mol. The molecule has 0 amide bonds. The van der Waals surface area contributed by atoms with Gasteiger partial charge in [0.05, 0.1) is 24.9 Å². The van der Waals surface area contributed by atoms with Gasteiger partial charge in [0.15, 0.2) is 0 Å². The van der Waals surface area contributed by atoms with Crippen molar-refractivity contribution in [1.29, 1.82) is 0 Å². The number of methoxy groups -OCH3 is 2. The molecule has 4 aromatic rings. The van der Waals surface area contributed by atoms with Crippen LogP contribution in [0.15, 0.2) is 54.7 Å². The Morgan fingerprint density at radius 2 is 1.70 bits per heavy atom. The van der Waals surface area contributed by atoms with Crippen LogP contribution in [0.3, 0.4) is 0 Å². The number of halogens is 4. The average Bonchev–Trinajstić information content (AvgIpc) is 3.01. The minimum atomic E-state index is -4.66. The van der Waals surface area contributed by atoms with E-state index in [1.807, 2.05) is 49.5 Å². The molecule has 1 aliphatic carbocycles. The van der Waals surface area contributed by atoms with Gasteiger partial charge in [-0.05, 0) is 68.2 Å². The van der Waals surface area contributed by atoms with Crippen LogP contribution in [0.2, 0.25) is 5.02 Å². The highest BCUT2D eigenvalue weighted by atomic mass is 35.5. The Balaban J connectivity index is 1.54. The highest BCUT2D eigenvalue weighted by Gasteiger charge is 2.38. The lowest BCUT2D eigenvalue weighted by atomic mass is 9.84. The van der Waals surface area contributed by atoms with Crippen LogP contribution >= 0.6 is 11.6 Å². The molecule has 2 aromatic carbocycles. The highest BCUT2D eigenvalue weighted by molar-refractivity contribution is 6.35. The van der Waals surface area contributed by atoms with Crippen molar-refractivity contribution in [3.8, 4) is 39.9 Å². The molecule has 0 radical (unpaired) electrons. The predicted octanol–water partition coefficient (Wildman–Crippen LogP) is 7.40. The van der Waals surface area contributed by atoms with Crippen LogP contribution in [0.1, 0.15) is 46.8 Å². The standard InChI is InChI=1S/C33H34ClF3N4O3/c1-38-17-20-12-11-19(16-28(20)42-3)30-29(34)25(13-14-40-30)23-7-5-9-24-22(23)8-6-10-27(24)44-32-26(33(35,36)37)15-21(18-39-2)31(41-32)43-4/h5,7,9,11-16,27,38-39H,6,8,10,17-18H2,1-4H3. The summed E-state index contributed by atoms with van der Waals surface area (Å²) in [6.45, 7) is 0.813. The number of aromatic nitrogens is 2. The Hall–Kier alpha value is -3.86. The van der Waals surface area contributed by atoms with Gasteiger partial charge in [-0.2, -0.15) is 18.2 Å². The normalized spacial score (nSPS) is 14.7. The van der Waals surface area contributed by atoms with E-state index in [1.54, 1.807) is 20.4 Å². The van der Waals surface area contributed by atoms with E-state index >= 15 is 0 Å². The first-order valence-electron chi connectivity index (χ1n) is 14.2. The fraction of sp³-hybridized carbons (Fsp3) is 0.333. The smallest absolute Gasteiger partial charge is 0.421 e. The number of alkyl halides is 3. The molecule has 1 unspecified atom stereocenters. The summed E-state index contributed by atoms with van der Waals surface area (Å²) in [4.78, 5) is 8.75. The minimum Gasteiger partial charge on any atom is -0.496 e. The summed E-state index contributed by atoms with van der Waals surface area (Å²) >= 11 is 7.03. The van der Waals surface area contributed by atoms with Gasteiger partial charge < -0.3 is 24.8 Å². The van der Waals surface area contributed by atoms with E-state index < -0.39 is 23.7 Å². The van der Waals surface area contributed by atoms with Crippen LogP contribution in [0, 0.1) is 0 Å². The van der Waals surface area contributed by atoms with Gasteiger partial charge in [0.2, 0.25) is 11.8 Å². The Bertz CT molecular complexity index is 1650. The van der Waals surface area contributed by atoms with E-state index in [-0.39, 0.29) is 12.4 Å². The lowest BCUT2D eigenvalue weighted by Gasteiger charge is -2.29. The molecule has 0 aliphatic heterocycles. The molecule has 5 rings (SSSR count). The van der Waals surface area contributed by atoms with Crippen LogP contribution in [-0.2, 0) is 25.7 Å². The predicted molar refractivity (Wildman–Crippen MR) is 164 cm³/mol. The number of ether oxygens (including phenoxy) is 3. The summed E-state index contributed by atoms with van der Waals surface area (Å²) in [6.07, 6.45) is -1.63. The Labute approximate surface area is 259 Å². The van der Waals surface area contributed by atoms with Gasteiger partial charge in [-0.3, -0.25) is 4.98 Å². The first-order valence-corrected chi connectivity index (χ1v) is 14.6. The first kappa shape index (κ1) is 31.6. The zero-order chi connectivity index (χ0) is 31.4. The van der Waals surface area contributed by atoms with E-state index in [4.69, 9.17) is 25.8 Å². The molecule has 2 N–H and O–H groups in total. The van der Waals surface area contributed by atoms with Gasteiger partial charge in [-0.15, -0.1) is 0 Å². The second-order valence-electron chi connectivity index (χ2n) is 10.5. The molecule has 0 saturated heterocycles. The molecule has 11 heteroatoms. The SMILES string of the molecule is CNCc1ccc(-c2nccc(-c3cccc4c3CCCC4Oc3nc(OC)c(CNC)cc3C(F)(F)F)c2Cl)cc1OC. The van der Waals surface area contributed by atoms with Gasteiger partial charge in [-0.1, -0.05) is 41.9 Å². The van der Waals surface area contributed by atoms with E-state index in [9.17, 15) is 13.2 Å². The van der Waals surface area contributed by atoms with Crippen LogP contribution in [0.25, 0.3) is 22.4 Å². The van der Waals surface area contributed by atoms with Crippen molar-refractivity contribution in [2.24, 2.45) is 0 Å². The first-order chi connectivity index (χ1) is 21.2. The third-order valence-electron chi connectivity index (χ3n) is 7.71. The zero-order valence-corrected chi connectivity index (χ0v) is 25.7. The van der Waals surface area contributed by atoms with Gasteiger partial charge in [0, 0.05) is 41.5 Å². The van der Waals surface area contributed by atoms with E-state index in [1.165, 1.54) is 7.11 Å². The molecule has 0 bridgehead atoms. The number of hydrogen-bond donors (Lipinski definition) is 2. The molecule has 1 atom stereocenters. The van der Waals surface area contributed by atoms with Crippen LogP contribution in [-0.4, -0.2) is 38.3 Å². The lowest BCUT2D eigenvalue weighted by Crippen LogP contribution is -2.20. The molecule has 0 saturated carbocycles. The summed E-state index contributed by atoms with van der Waals surface area (Å²) in [5.41, 5.74) is 5.20. The van der Waals surface area contributed by atoms with E-state index in [2.05, 4.69) is 20.6 Å². The van der Waals surface area contributed by atoms with E-state index in [0.717, 1.165) is 51.6 Å². The van der Waals surface area contributed by atoms with E-state index in [0.29, 0.717) is 35.7 Å². The number of hydrogen-bond acceptors (Lipinski definition) is 7. The molecule has 0 fully saturated rings. The number of nitrogens with one attached hydrogen (secondary N) is 2. The quantitative estimate of drug-likeness (QED) is 0.190. The van der Waals surface area contributed by atoms with Gasteiger partial charge in [0.1, 0.15) is 17.4 Å². The molecule has 1 aliphatic rings. The summed E-state index contributed by atoms with van der Waals surface area (Å²) in [5, 5.41) is 6.45. The number of benzene rings is 2. The van der Waals surface area contributed by atoms with Crippen molar-refractivity contribution in [3.05, 3.63) is 87.6 Å². The largest absolute Gasteiger partial charge is 0.496 e.